The molecule has 1 amide bonds. The second kappa shape index (κ2) is 8.42. The van der Waals surface area contributed by atoms with Crippen LogP contribution in [0.15, 0.2) is 54.6 Å². The first-order valence-electron chi connectivity index (χ1n) is 8.61. The minimum absolute atomic E-state index is 0.0479. The minimum Gasteiger partial charge on any atom is -0.497 e. The summed E-state index contributed by atoms with van der Waals surface area (Å²) in [6, 6.07) is 17.8. The third kappa shape index (κ3) is 4.89. The minimum atomic E-state index is 0.0479. The maximum absolute atomic E-state index is 12.3. The van der Waals surface area contributed by atoms with Crippen LogP contribution < -0.4 is 14.8 Å². The van der Waals surface area contributed by atoms with Gasteiger partial charge < -0.3 is 19.7 Å². The number of amides is 1. The Kier molecular flexibility index (Phi) is 5.77. The summed E-state index contributed by atoms with van der Waals surface area (Å²) < 4.78 is 10.7. The van der Waals surface area contributed by atoms with Crippen molar-refractivity contribution < 1.29 is 14.3 Å². The van der Waals surface area contributed by atoms with Gasteiger partial charge in [0.2, 0.25) is 0 Å². The molecule has 1 fully saturated rings. The van der Waals surface area contributed by atoms with Crippen molar-refractivity contribution in [1.82, 2.24) is 4.90 Å². The molecule has 1 saturated heterocycles. The van der Waals surface area contributed by atoms with E-state index in [1.54, 1.807) is 7.11 Å². The largest absolute Gasteiger partial charge is 0.497 e. The van der Waals surface area contributed by atoms with Gasteiger partial charge >= 0.3 is 0 Å². The smallest absolute Gasteiger partial charge is 0.260 e. The van der Waals surface area contributed by atoms with Gasteiger partial charge in [0.1, 0.15) is 11.5 Å². The maximum Gasteiger partial charge on any atom is 0.260 e. The molecule has 1 heterocycles. The highest BCUT2D eigenvalue weighted by Gasteiger charge is 2.22. The lowest BCUT2D eigenvalue weighted by Gasteiger charge is -2.32. The molecule has 1 aliphatic heterocycles. The standard InChI is InChI=1S/C20H24N2O3/c1-24-18-9-7-16(8-10-18)21-17-11-13-22(14-12-17)20(23)15-25-19-5-3-2-4-6-19/h2-10,17,21H,11-15H2,1H3. The Morgan fingerprint density at radius 3 is 2.36 bits per heavy atom. The van der Waals surface area contributed by atoms with Gasteiger partial charge in [0, 0.05) is 24.8 Å². The Morgan fingerprint density at radius 2 is 1.72 bits per heavy atom. The van der Waals surface area contributed by atoms with Crippen molar-refractivity contribution in [2.75, 3.05) is 32.1 Å². The fourth-order valence-electron chi connectivity index (χ4n) is 2.95. The van der Waals surface area contributed by atoms with Gasteiger partial charge in [-0.2, -0.15) is 0 Å². The van der Waals surface area contributed by atoms with Gasteiger partial charge in [0.25, 0.3) is 5.91 Å². The molecule has 0 radical (unpaired) electrons. The number of hydrogen-bond acceptors (Lipinski definition) is 4. The Bertz CT molecular complexity index is 665. The second-order valence-corrected chi connectivity index (χ2v) is 6.13. The van der Waals surface area contributed by atoms with E-state index in [1.807, 2.05) is 59.5 Å². The van der Waals surface area contributed by atoms with E-state index in [1.165, 1.54) is 0 Å². The summed E-state index contributed by atoms with van der Waals surface area (Å²) in [5, 5.41) is 3.52. The topological polar surface area (TPSA) is 50.8 Å². The van der Waals surface area contributed by atoms with Crippen LogP contribution >= 0.6 is 0 Å². The number of benzene rings is 2. The maximum atomic E-state index is 12.3. The van der Waals surface area contributed by atoms with Crippen molar-refractivity contribution >= 4 is 11.6 Å². The highest BCUT2D eigenvalue weighted by Crippen LogP contribution is 2.20. The first-order chi connectivity index (χ1) is 12.2. The summed E-state index contributed by atoms with van der Waals surface area (Å²) in [5.41, 5.74) is 1.08. The Balaban J connectivity index is 1.42. The van der Waals surface area contributed by atoms with Crippen LogP contribution in [0.25, 0.3) is 0 Å². The zero-order valence-corrected chi connectivity index (χ0v) is 14.5. The Hall–Kier alpha value is -2.69. The number of piperidine rings is 1. The number of methoxy groups -OCH3 is 1. The van der Waals surface area contributed by atoms with Gasteiger partial charge in [-0.3, -0.25) is 4.79 Å². The molecule has 132 valence electrons. The number of carbonyl (C=O) groups excluding carboxylic acids is 1. The average Bonchev–Trinajstić information content (AvgIpc) is 2.68. The van der Waals surface area contributed by atoms with Crippen LogP contribution in [0.3, 0.4) is 0 Å². The SMILES string of the molecule is COc1ccc(NC2CCN(C(=O)COc3ccccc3)CC2)cc1. The molecule has 1 N–H and O–H groups in total. The van der Waals surface area contributed by atoms with Crippen molar-refractivity contribution in [1.29, 1.82) is 0 Å². The molecule has 25 heavy (non-hydrogen) atoms. The molecule has 0 atom stereocenters. The van der Waals surface area contributed by atoms with E-state index in [9.17, 15) is 4.79 Å². The number of para-hydroxylation sites is 1. The van der Waals surface area contributed by atoms with Gasteiger partial charge in [0.15, 0.2) is 6.61 Å². The lowest BCUT2D eigenvalue weighted by Crippen LogP contribution is -2.44. The summed E-state index contributed by atoms with van der Waals surface area (Å²) in [7, 11) is 1.66. The van der Waals surface area contributed by atoms with E-state index in [2.05, 4.69) is 5.32 Å². The van der Waals surface area contributed by atoms with Crippen molar-refractivity contribution in [3.05, 3.63) is 54.6 Å². The van der Waals surface area contributed by atoms with Gasteiger partial charge in [-0.05, 0) is 49.2 Å². The van der Waals surface area contributed by atoms with Crippen LogP contribution in [-0.2, 0) is 4.79 Å². The molecule has 0 saturated carbocycles. The molecule has 0 bridgehead atoms. The zero-order chi connectivity index (χ0) is 17.5. The van der Waals surface area contributed by atoms with E-state index in [-0.39, 0.29) is 12.5 Å². The molecule has 0 aliphatic carbocycles. The predicted octanol–water partition coefficient (Wildman–Crippen LogP) is 3.18. The van der Waals surface area contributed by atoms with E-state index < -0.39 is 0 Å². The van der Waals surface area contributed by atoms with Gasteiger partial charge in [-0.25, -0.2) is 0 Å². The second-order valence-electron chi connectivity index (χ2n) is 6.13. The third-order valence-electron chi connectivity index (χ3n) is 4.41. The number of hydrogen-bond donors (Lipinski definition) is 1. The van der Waals surface area contributed by atoms with Crippen LogP contribution in [-0.4, -0.2) is 43.7 Å². The van der Waals surface area contributed by atoms with Crippen molar-refractivity contribution in [2.45, 2.75) is 18.9 Å². The number of anilines is 1. The van der Waals surface area contributed by atoms with E-state index in [0.29, 0.717) is 6.04 Å². The monoisotopic (exact) mass is 340 g/mol. The Labute approximate surface area is 148 Å². The molecule has 5 heteroatoms. The number of nitrogens with zero attached hydrogens (tertiary/aromatic N) is 1. The zero-order valence-electron chi connectivity index (χ0n) is 14.5. The molecule has 5 nitrogen and oxygen atoms in total. The summed E-state index contributed by atoms with van der Waals surface area (Å²) in [6.45, 7) is 1.61. The number of carbonyl (C=O) groups is 1. The molecule has 0 spiro atoms. The lowest BCUT2D eigenvalue weighted by atomic mass is 10.0. The number of ether oxygens (including phenoxy) is 2. The molecule has 2 aromatic carbocycles. The quantitative estimate of drug-likeness (QED) is 0.877. The van der Waals surface area contributed by atoms with Crippen LogP contribution in [0.1, 0.15) is 12.8 Å². The number of nitrogens with one attached hydrogen (secondary N) is 1. The third-order valence-corrected chi connectivity index (χ3v) is 4.41. The average molecular weight is 340 g/mol. The van der Waals surface area contributed by atoms with E-state index in [0.717, 1.165) is 43.1 Å². The van der Waals surface area contributed by atoms with Crippen molar-refractivity contribution in [3.63, 3.8) is 0 Å². The van der Waals surface area contributed by atoms with Crippen LogP contribution in [0.2, 0.25) is 0 Å². The molecule has 0 unspecified atom stereocenters. The lowest BCUT2D eigenvalue weighted by molar-refractivity contribution is -0.134. The molecular weight excluding hydrogens is 316 g/mol. The molecule has 2 aromatic rings. The van der Waals surface area contributed by atoms with Gasteiger partial charge in [-0.15, -0.1) is 0 Å². The van der Waals surface area contributed by atoms with Crippen LogP contribution in [0, 0.1) is 0 Å². The highest BCUT2D eigenvalue weighted by molar-refractivity contribution is 5.77. The Morgan fingerprint density at radius 1 is 1.04 bits per heavy atom. The van der Waals surface area contributed by atoms with Crippen molar-refractivity contribution in [3.8, 4) is 11.5 Å². The summed E-state index contributed by atoms with van der Waals surface area (Å²) in [4.78, 5) is 14.2. The fraction of sp³-hybridized carbons (Fsp3) is 0.350. The molecule has 0 aromatic heterocycles. The van der Waals surface area contributed by atoms with Crippen LogP contribution in [0.5, 0.6) is 11.5 Å². The number of likely N-dealkylation sites (tertiary alicyclic amines) is 1. The normalized spacial score (nSPS) is 14.8. The van der Waals surface area contributed by atoms with E-state index in [4.69, 9.17) is 9.47 Å². The molecule has 3 rings (SSSR count). The van der Waals surface area contributed by atoms with Gasteiger partial charge in [-0.1, -0.05) is 18.2 Å². The summed E-state index contributed by atoms with van der Waals surface area (Å²) in [5.74, 6) is 1.63. The molecular formula is C20H24N2O3. The van der Waals surface area contributed by atoms with Crippen molar-refractivity contribution in [2.24, 2.45) is 0 Å². The first-order valence-corrected chi connectivity index (χ1v) is 8.61. The van der Waals surface area contributed by atoms with Crippen LogP contribution in [0.4, 0.5) is 5.69 Å². The van der Waals surface area contributed by atoms with E-state index >= 15 is 0 Å². The summed E-state index contributed by atoms with van der Waals surface area (Å²) in [6.07, 6.45) is 1.87. The molecule has 1 aliphatic rings. The fourth-order valence-corrected chi connectivity index (χ4v) is 2.95. The van der Waals surface area contributed by atoms with Gasteiger partial charge in [0.05, 0.1) is 7.11 Å². The number of rotatable bonds is 6. The predicted molar refractivity (Wildman–Crippen MR) is 98.2 cm³/mol. The summed E-state index contributed by atoms with van der Waals surface area (Å²) >= 11 is 0. The first kappa shape index (κ1) is 17.1. The highest BCUT2D eigenvalue weighted by atomic mass is 16.5.